The normalized spacial score (nSPS) is 15.0. The number of benzene rings is 3. The first-order valence-electron chi connectivity index (χ1n) is 16.1. The zero-order chi connectivity index (χ0) is 32.9. The highest BCUT2D eigenvalue weighted by Crippen LogP contribution is 2.41. The summed E-state index contributed by atoms with van der Waals surface area (Å²) in [6.07, 6.45) is 5.81. The van der Waals surface area contributed by atoms with E-state index in [2.05, 4.69) is 110 Å². The molecule has 0 aliphatic carbocycles. The summed E-state index contributed by atoms with van der Waals surface area (Å²) in [7, 11) is 0. The summed E-state index contributed by atoms with van der Waals surface area (Å²) in [4.78, 5) is 32.5. The molecule has 1 unspecified atom stereocenters. The molecule has 0 spiro atoms. The van der Waals surface area contributed by atoms with Crippen LogP contribution in [0.3, 0.4) is 0 Å². The molecule has 0 fully saturated rings. The van der Waals surface area contributed by atoms with Gasteiger partial charge in [0, 0.05) is 48.3 Å². The van der Waals surface area contributed by atoms with Gasteiger partial charge in [0.15, 0.2) is 0 Å². The first-order chi connectivity index (χ1) is 22.9. The Hall–Kier alpha value is -4.77. The lowest BCUT2D eigenvalue weighted by molar-refractivity contribution is -0.141. The number of carbonyl (C=O) groups is 2. The fourth-order valence-electron chi connectivity index (χ4n) is 6.06. The van der Waals surface area contributed by atoms with E-state index in [1.54, 1.807) is 29.6 Å². The third-order valence-electron chi connectivity index (χ3n) is 8.76. The van der Waals surface area contributed by atoms with Crippen LogP contribution in [-0.4, -0.2) is 23.3 Å². The highest BCUT2D eigenvalue weighted by Gasteiger charge is 2.36. The Bertz CT molecular complexity index is 1930. The van der Waals surface area contributed by atoms with Gasteiger partial charge in [-0.3, -0.25) is 14.5 Å². The second-order valence-corrected chi connectivity index (χ2v) is 14.0. The van der Waals surface area contributed by atoms with Crippen molar-refractivity contribution in [1.29, 1.82) is 5.26 Å². The summed E-state index contributed by atoms with van der Waals surface area (Å²) in [5.74, 6) is -0.554. The first-order valence-corrected chi connectivity index (χ1v) is 17.8. The van der Waals surface area contributed by atoms with Gasteiger partial charge in [0.2, 0.25) is 0 Å². The standard InChI is InChI=1S/C40H37N3O2S2/c1-4-6-13-28(5-2)26-42-39(44)34(27(3)35(25-41)40(42)45)22-33-23-37-38(46-33)24-36(47-37)29-18-20-32(21-19-29)43(30-14-9-7-10-15-30)31-16-11-8-12-17-31/h7-12,14-24,28H,4-6,13,26H2,1-3H3/b34-22-. The molecule has 3 aromatic carbocycles. The number of para-hydroxylation sites is 2. The molecule has 1 aliphatic heterocycles. The molecule has 47 heavy (non-hydrogen) atoms. The van der Waals surface area contributed by atoms with E-state index in [-0.39, 0.29) is 17.4 Å². The maximum absolute atomic E-state index is 13.7. The average Bonchev–Trinajstić information content (AvgIpc) is 3.67. The predicted octanol–water partition coefficient (Wildman–Crippen LogP) is 10.9. The molecule has 0 radical (unpaired) electrons. The van der Waals surface area contributed by atoms with Crippen molar-refractivity contribution in [3.8, 4) is 16.5 Å². The minimum atomic E-state index is -0.472. The zero-order valence-corrected chi connectivity index (χ0v) is 28.5. The van der Waals surface area contributed by atoms with E-state index in [4.69, 9.17) is 0 Å². The lowest BCUT2D eigenvalue weighted by atomic mass is 9.92. The molecule has 3 heterocycles. The quantitative estimate of drug-likeness (QED) is 0.105. The summed E-state index contributed by atoms with van der Waals surface area (Å²) in [6, 6.07) is 35.8. The number of imide groups is 1. The maximum atomic E-state index is 13.7. The number of hydrogen-bond acceptors (Lipinski definition) is 6. The summed E-state index contributed by atoms with van der Waals surface area (Å²) >= 11 is 3.34. The molecule has 0 saturated heterocycles. The number of nitrogens with zero attached hydrogens (tertiary/aromatic N) is 3. The summed E-state index contributed by atoms with van der Waals surface area (Å²) in [5.41, 5.74) is 5.37. The van der Waals surface area contributed by atoms with E-state index in [1.165, 1.54) is 9.78 Å². The second kappa shape index (κ2) is 14.3. The van der Waals surface area contributed by atoms with Gasteiger partial charge in [-0.05, 0) is 85.0 Å². The number of hydrogen-bond donors (Lipinski definition) is 0. The molecule has 5 nitrogen and oxygen atoms in total. The molecule has 1 atom stereocenters. The highest BCUT2D eigenvalue weighted by molar-refractivity contribution is 7.29. The number of amides is 2. The Labute approximate surface area is 284 Å². The topological polar surface area (TPSA) is 64.4 Å². The van der Waals surface area contributed by atoms with Crippen molar-refractivity contribution in [3.63, 3.8) is 0 Å². The number of anilines is 3. The lowest BCUT2D eigenvalue weighted by Gasteiger charge is -2.30. The van der Waals surface area contributed by atoms with Crippen molar-refractivity contribution < 1.29 is 9.59 Å². The van der Waals surface area contributed by atoms with E-state index in [1.807, 2.05) is 18.2 Å². The molecule has 7 heteroatoms. The first kappa shape index (κ1) is 32.2. The number of thiophene rings is 2. The van der Waals surface area contributed by atoms with Crippen molar-refractivity contribution in [2.75, 3.05) is 11.4 Å². The summed E-state index contributed by atoms with van der Waals surface area (Å²) in [6.45, 7) is 6.29. The van der Waals surface area contributed by atoms with Crippen LogP contribution in [0, 0.1) is 17.2 Å². The highest BCUT2D eigenvalue weighted by atomic mass is 32.1. The Morgan fingerprint density at radius 3 is 2.02 bits per heavy atom. The van der Waals surface area contributed by atoms with Gasteiger partial charge in [-0.15, -0.1) is 22.7 Å². The Kier molecular flexibility index (Phi) is 9.81. The van der Waals surface area contributed by atoms with Crippen LogP contribution in [0.1, 0.15) is 51.3 Å². The van der Waals surface area contributed by atoms with Gasteiger partial charge in [-0.2, -0.15) is 5.26 Å². The average molecular weight is 656 g/mol. The molecule has 0 saturated carbocycles. The van der Waals surface area contributed by atoms with Gasteiger partial charge >= 0.3 is 0 Å². The molecule has 2 amide bonds. The SMILES string of the molecule is CCCCC(CC)CN1C(=O)C(C#N)=C(C)/C(=C/c2cc3sc(-c4ccc(N(c5ccccc5)c5ccccc5)cc4)cc3s2)C1=O. The van der Waals surface area contributed by atoms with E-state index in [9.17, 15) is 14.9 Å². The van der Waals surface area contributed by atoms with Crippen LogP contribution in [0.4, 0.5) is 17.1 Å². The van der Waals surface area contributed by atoms with Crippen molar-refractivity contribution >= 4 is 67.0 Å². The van der Waals surface area contributed by atoms with Crippen LogP contribution in [0.15, 0.2) is 114 Å². The molecular weight excluding hydrogens is 619 g/mol. The van der Waals surface area contributed by atoms with Gasteiger partial charge in [0.05, 0.1) is 0 Å². The Morgan fingerprint density at radius 1 is 0.830 bits per heavy atom. The molecule has 2 aromatic heterocycles. The van der Waals surface area contributed by atoms with Crippen LogP contribution >= 0.6 is 22.7 Å². The molecule has 1 aliphatic rings. The molecule has 6 rings (SSSR count). The molecule has 0 bridgehead atoms. The van der Waals surface area contributed by atoms with Crippen molar-refractivity contribution in [2.45, 2.75) is 46.5 Å². The van der Waals surface area contributed by atoms with Gasteiger partial charge in [-0.1, -0.05) is 81.6 Å². The maximum Gasteiger partial charge on any atom is 0.271 e. The Morgan fingerprint density at radius 2 is 1.45 bits per heavy atom. The van der Waals surface area contributed by atoms with Crippen molar-refractivity contribution in [3.05, 3.63) is 119 Å². The number of carbonyl (C=O) groups excluding carboxylic acids is 2. The summed E-state index contributed by atoms with van der Waals surface area (Å²) < 4.78 is 2.28. The minimum absolute atomic E-state index is 0.0587. The third kappa shape index (κ3) is 6.71. The molecule has 5 aromatic rings. The van der Waals surface area contributed by atoms with Crippen LogP contribution in [0.2, 0.25) is 0 Å². The van der Waals surface area contributed by atoms with E-state index in [0.29, 0.717) is 17.7 Å². The van der Waals surface area contributed by atoms with Crippen LogP contribution < -0.4 is 4.90 Å². The van der Waals surface area contributed by atoms with E-state index < -0.39 is 5.91 Å². The van der Waals surface area contributed by atoms with E-state index in [0.717, 1.165) is 62.6 Å². The van der Waals surface area contributed by atoms with Crippen LogP contribution in [0.25, 0.3) is 25.9 Å². The fourth-order valence-corrected chi connectivity index (χ4v) is 8.41. The lowest BCUT2D eigenvalue weighted by Crippen LogP contribution is -2.45. The van der Waals surface area contributed by atoms with Crippen molar-refractivity contribution in [1.82, 2.24) is 4.90 Å². The third-order valence-corrected chi connectivity index (χ3v) is 11.1. The fraction of sp³-hybridized carbons (Fsp3) is 0.225. The van der Waals surface area contributed by atoms with Gasteiger partial charge in [0.25, 0.3) is 11.8 Å². The second-order valence-electron chi connectivity index (χ2n) is 11.8. The van der Waals surface area contributed by atoms with Gasteiger partial charge < -0.3 is 4.90 Å². The monoisotopic (exact) mass is 655 g/mol. The number of rotatable bonds is 11. The van der Waals surface area contributed by atoms with Crippen LogP contribution in [0.5, 0.6) is 0 Å². The Balaban J connectivity index is 1.26. The largest absolute Gasteiger partial charge is 0.311 e. The minimum Gasteiger partial charge on any atom is -0.311 e. The van der Waals surface area contributed by atoms with Crippen LogP contribution in [-0.2, 0) is 9.59 Å². The van der Waals surface area contributed by atoms with Gasteiger partial charge in [-0.25, -0.2) is 0 Å². The molecule has 236 valence electrons. The van der Waals surface area contributed by atoms with Crippen molar-refractivity contribution in [2.24, 2.45) is 5.92 Å². The van der Waals surface area contributed by atoms with Gasteiger partial charge in [0.1, 0.15) is 11.6 Å². The summed E-state index contributed by atoms with van der Waals surface area (Å²) in [5, 5.41) is 9.84. The molecule has 0 N–H and O–H groups in total. The molecular formula is C40H37N3O2S2. The predicted molar refractivity (Wildman–Crippen MR) is 196 cm³/mol. The smallest absolute Gasteiger partial charge is 0.271 e. The number of nitriles is 1. The van der Waals surface area contributed by atoms with E-state index >= 15 is 0 Å². The zero-order valence-electron chi connectivity index (χ0n) is 26.9. The number of unbranched alkanes of at least 4 members (excludes halogenated alkanes) is 1. The number of fused-ring (bicyclic) bond motifs is 1.